The van der Waals surface area contributed by atoms with Gasteiger partial charge in [-0.3, -0.25) is 0 Å². The predicted octanol–water partition coefficient (Wildman–Crippen LogP) is 13.0. The van der Waals surface area contributed by atoms with E-state index in [0.717, 1.165) is 84.9 Å². The van der Waals surface area contributed by atoms with Crippen molar-refractivity contribution in [2.45, 2.75) is 79.7 Å². The molecule has 5 rings (SSSR count). The second-order valence-corrected chi connectivity index (χ2v) is 21.5. The van der Waals surface area contributed by atoms with Crippen LogP contribution in [0.25, 0.3) is 5.32 Å². The van der Waals surface area contributed by atoms with Crippen LogP contribution in [-0.4, -0.2) is 25.3 Å². The van der Waals surface area contributed by atoms with Gasteiger partial charge < -0.3 is 32.3 Å². The van der Waals surface area contributed by atoms with Crippen LogP contribution in [0.5, 0.6) is 0 Å². The fraction of sp³-hybridized carbons (Fsp3) is 0.703. The fourth-order valence-electron chi connectivity index (χ4n) is 7.82. The molecule has 3 saturated carbocycles. The molecule has 0 aromatic carbocycles. The quantitative estimate of drug-likeness (QED) is 0.244. The molecule has 0 heterocycles. The van der Waals surface area contributed by atoms with E-state index in [1.165, 1.54) is 25.7 Å². The third-order valence-corrected chi connectivity index (χ3v) is 10.7. The molecule has 8 heteroatoms. The Morgan fingerprint density at radius 1 is 0.622 bits per heavy atom. The van der Waals surface area contributed by atoms with Gasteiger partial charge >= 0.3 is 75.7 Å². The van der Waals surface area contributed by atoms with Crippen molar-refractivity contribution in [3.63, 3.8) is 0 Å². The molecule has 5 aliphatic carbocycles. The molecule has 5 aliphatic rings. The van der Waals surface area contributed by atoms with Gasteiger partial charge in [-0.05, 0) is 84.9 Å². The summed E-state index contributed by atoms with van der Waals surface area (Å²) >= 11 is -1.65. The van der Waals surface area contributed by atoms with Crippen LogP contribution in [0.3, 0.4) is 0 Å². The summed E-state index contributed by atoms with van der Waals surface area (Å²) in [5.41, 5.74) is 0.133. The molecule has 258 valence electrons. The Morgan fingerprint density at radius 3 is 1.33 bits per heavy atom. The summed E-state index contributed by atoms with van der Waals surface area (Å²) in [6.45, 7) is 19.2. The zero-order valence-corrected chi connectivity index (χ0v) is 37.7. The summed E-state index contributed by atoms with van der Waals surface area (Å²) in [5.74, 6) is 8.73. The first kappa shape index (κ1) is 48.9. The third kappa shape index (κ3) is 16.1. The monoisotopic (exact) mass is 857 g/mol. The van der Waals surface area contributed by atoms with E-state index >= 15 is 0 Å². The summed E-state index contributed by atoms with van der Waals surface area (Å²) in [4.78, 5) is 0. The summed E-state index contributed by atoms with van der Waals surface area (Å²) < 4.78 is 6.18. The van der Waals surface area contributed by atoms with E-state index in [-0.39, 0.29) is 27.8 Å². The van der Waals surface area contributed by atoms with E-state index in [1.54, 1.807) is 0 Å². The number of rotatable bonds is 6. The van der Waals surface area contributed by atoms with Crippen LogP contribution >= 0.6 is 34.1 Å². The standard InChI is InChI=1S/C20H26O.C14H28N.3CH3.4ClH.2Zr/c1-3-7-19-15(5-1)9-11-17(19)13-21-14-18-12-10-16-6-2-4-8-20(16)18;1-9-10(2)12(4)13(11(9)3)8-15-14(5,6)7;;;;;;;;;/h1-8,15-20H,9-14H2;9-13H,8H2,1-7H3;3*1H3;4*1H;;/q;4*-1;;;;;2*+4/p-4. The second kappa shape index (κ2) is 25.7. The van der Waals surface area contributed by atoms with Crippen molar-refractivity contribution in [2.24, 2.45) is 65.1 Å². The van der Waals surface area contributed by atoms with Crippen LogP contribution < -0.4 is 0 Å². The van der Waals surface area contributed by atoms with Gasteiger partial charge in [0.05, 0.1) is 0 Å². The molecular formula is C37H63Cl4NOZr2. The molecule has 0 saturated heterocycles. The van der Waals surface area contributed by atoms with Crippen LogP contribution in [0.2, 0.25) is 0 Å². The van der Waals surface area contributed by atoms with E-state index in [0.29, 0.717) is 0 Å². The van der Waals surface area contributed by atoms with Crippen molar-refractivity contribution in [3.05, 3.63) is 76.2 Å². The fourth-order valence-corrected chi connectivity index (χ4v) is 7.82. The van der Waals surface area contributed by atoms with Gasteiger partial charge in [-0.1, -0.05) is 103 Å². The Morgan fingerprint density at radius 2 is 0.978 bits per heavy atom. The molecule has 45 heavy (non-hydrogen) atoms. The number of fused-ring (bicyclic) bond motifs is 2. The average molecular weight is 862 g/mol. The Kier molecular flexibility index (Phi) is 27.9. The molecule has 10 unspecified atom stereocenters. The van der Waals surface area contributed by atoms with E-state index in [2.05, 4.69) is 97.1 Å². The van der Waals surface area contributed by atoms with Crippen molar-refractivity contribution in [3.8, 4) is 0 Å². The molecule has 0 aromatic rings. The molecule has 0 aliphatic heterocycles. The van der Waals surface area contributed by atoms with Gasteiger partial charge in [0.25, 0.3) is 0 Å². The van der Waals surface area contributed by atoms with Crippen LogP contribution in [0, 0.1) is 87.4 Å². The molecule has 0 amide bonds. The second-order valence-electron chi connectivity index (χ2n) is 14.0. The zero-order chi connectivity index (χ0) is 31.3. The Labute approximate surface area is 318 Å². The summed E-state index contributed by atoms with van der Waals surface area (Å²) in [5, 5.41) is 4.81. The average Bonchev–Trinajstić information content (AvgIpc) is 3.61. The first-order chi connectivity index (χ1) is 20.0. The molecule has 0 radical (unpaired) electrons. The molecule has 3 fully saturated rings. The van der Waals surface area contributed by atoms with Crippen LogP contribution in [0.15, 0.2) is 48.6 Å². The van der Waals surface area contributed by atoms with Crippen LogP contribution in [0.1, 0.15) is 74.1 Å². The van der Waals surface area contributed by atoms with Gasteiger partial charge in [0, 0.05) is 13.2 Å². The normalized spacial score (nSPS) is 34.7. The topological polar surface area (TPSA) is 23.3 Å². The predicted molar refractivity (Wildman–Crippen MR) is 198 cm³/mol. The number of hydrogen-bond acceptors (Lipinski definition) is 1. The molecule has 10 atom stereocenters. The molecule has 0 spiro atoms. The number of ether oxygens (including phenoxy) is 1. The Bertz CT molecular complexity index is 817. The van der Waals surface area contributed by atoms with Crippen molar-refractivity contribution in [1.29, 1.82) is 0 Å². The van der Waals surface area contributed by atoms with Gasteiger partial charge in [0.1, 0.15) is 0 Å². The van der Waals surface area contributed by atoms with Crippen molar-refractivity contribution >= 4 is 34.1 Å². The maximum absolute atomic E-state index is 6.18. The molecule has 0 bridgehead atoms. The summed E-state index contributed by atoms with van der Waals surface area (Å²) in [6, 6.07) is 0. The molecule has 2 nitrogen and oxygen atoms in total. The molecular weight excluding hydrogens is 799 g/mol. The molecule has 0 aromatic heterocycles. The van der Waals surface area contributed by atoms with Gasteiger partial charge in [0.15, 0.2) is 0 Å². The number of halogens is 4. The van der Waals surface area contributed by atoms with Crippen molar-refractivity contribution in [1.82, 2.24) is 0 Å². The maximum atomic E-state index is 6.18. The minimum atomic E-state index is -0.826. The Hall–Kier alpha value is 1.81. The van der Waals surface area contributed by atoms with Crippen LogP contribution in [0.4, 0.5) is 0 Å². The Balaban J connectivity index is 0. The first-order valence-electron chi connectivity index (χ1n) is 15.9. The third-order valence-electron chi connectivity index (χ3n) is 10.7. The summed E-state index contributed by atoms with van der Waals surface area (Å²) in [7, 11) is 19.7. The van der Waals surface area contributed by atoms with Gasteiger partial charge in [-0.2, -0.15) is 0 Å². The molecule has 0 N–H and O–H groups in total. The SMILES string of the molecule is C1=CC2CCC(COCC3CCC4C=CC=CC43)C2C=C1.CC1C(C)C(C)C(C[N-]C(C)(C)C)C1C.[CH3-].[CH3-].[CH3-].[Cl][Zr+2][Cl].[Cl][Zr+2][Cl]. The van der Waals surface area contributed by atoms with Gasteiger partial charge in [-0.15, -0.1) is 12.1 Å². The van der Waals surface area contributed by atoms with Crippen LogP contribution in [-0.2, 0) is 46.4 Å². The zero-order valence-electron chi connectivity index (χ0n) is 29.8. The van der Waals surface area contributed by atoms with E-state index in [9.17, 15) is 0 Å². The number of allylic oxidation sites excluding steroid dienone is 8. The van der Waals surface area contributed by atoms with E-state index in [4.69, 9.17) is 44.1 Å². The van der Waals surface area contributed by atoms with Crippen molar-refractivity contribution < 1.29 is 46.4 Å². The van der Waals surface area contributed by atoms with E-state index < -0.39 is 41.7 Å². The van der Waals surface area contributed by atoms with Crippen molar-refractivity contribution in [2.75, 3.05) is 19.8 Å². The number of hydrogen-bond donors (Lipinski definition) is 0. The summed E-state index contributed by atoms with van der Waals surface area (Å²) in [6.07, 6.45) is 23.8. The van der Waals surface area contributed by atoms with Gasteiger partial charge in [0.2, 0.25) is 0 Å². The number of nitrogens with zero attached hydrogens (tertiary/aromatic N) is 1. The van der Waals surface area contributed by atoms with Gasteiger partial charge in [-0.25, -0.2) is 0 Å². The first-order valence-corrected chi connectivity index (χ1v) is 28.5. The minimum absolute atomic E-state index is 0. The van der Waals surface area contributed by atoms with E-state index in [1.807, 2.05) is 0 Å².